The van der Waals surface area contributed by atoms with Crippen molar-refractivity contribution in [1.82, 2.24) is 9.88 Å². The standard InChI is InChI=1S/C15H19ClN2OS/c1-18(8-7-15-17-13(9-16)11-20-15)10-12-5-3-4-6-14(12)19-2/h3-6,11H,7-10H2,1-2H3. The molecule has 0 atom stereocenters. The van der Waals surface area contributed by atoms with Gasteiger partial charge in [0.15, 0.2) is 0 Å². The third-order valence-electron chi connectivity index (χ3n) is 3.08. The Bertz CT molecular complexity index is 544. The summed E-state index contributed by atoms with van der Waals surface area (Å²) in [6, 6.07) is 8.13. The van der Waals surface area contributed by atoms with Gasteiger partial charge in [-0.05, 0) is 13.1 Å². The zero-order valence-electron chi connectivity index (χ0n) is 11.8. The highest BCUT2D eigenvalue weighted by Crippen LogP contribution is 2.19. The Hall–Kier alpha value is -1.10. The number of ether oxygens (including phenoxy) is 1. The summed E-state index contributed by atoms with van der Waals surface area (Å²) in [5.41, 5.74) is 2.18. The quantitative estimate of drug-likeness (QED) is 0.731. The zero-order chi connectivity index (χ0) is 14.4. The fourth-order valence-corrected chi connectivity index (χ4v) is 3.03. The molecule has 20 heavy (non-hydrogen) atoms. The van der Waals surface area contributed by atoms with Crippen LogP contribution in [0.4, 0.5) is 0 Å². The average molecular weight is 311 g/mol. The highest BCUT2D eigenvalue weighted by molar-refractivity contribution is 7.09. The number of nitrogens with zero attached hydrogens (tertiary/aromatic N) is 2. The van der Waals surface area contributed by atoms with Gasteiger partial charge in [-0.1, -0.05) is 18.2 Å². The van der Waals surface area contributed by atoms with Gasteiger partial charge in [-0.25, -0.2) is 4.98 Å². The van der Waals surface area contributed by atoms with E-state index in [-0.39, 0.29) is 0 Å². The molecule has 5 heteroatoms. The molecule has 0 fully saturated rings. The van der Waals surface area contributed by atoms with Gasteiger partial charge in [-0.2, -0.15) is 0 Å². The summed E-state index contributed by atoms with van der Waals surface area (Å²) in [7, 11) is 3.82. The van der Waals surface area contributed by atoms with Gasteiger partial charge in [0.05, 0.1) is 23.7 Å². The third-order valence-corrected chi connectivity index (χ3v) is 4.31. The molecule has 108 valence electrons. The predicted octanol–water partition coefficient (Wildman–Crippen LogP) is 3.57. The number of likely N-dealkylation sites (N-methyl/N-ethyl adjacent to an activating group) is 1. The Morgan fingerprint density at radius 3 is 2.85 bits per heavy atom. The summed E-state index contributed by atoms with van der Waals surface area (Å²) in [6.07, 6.45) is 0.952. The maximum atomic E-state index is 5.76. The van der Waals surface area contributed by atoms with Gasteiger partial charge < -0.3 is 9.64 Å². The number of para-hydroxylation sites is 1. The molecule has 0 bridgehead atoms. The van der Waals surface area contributed by atoms with Crippen LogP contribution in [-0.4, -0.2) is 30.6 Å². The topological polar surface area (TPSA) is 25.4 Å². The molecular weight excluding hydrogens is 292 g/mol. The number of halogens is 1. The van der Waals surface area contributed by atoms with E-state index in [2.05, 4.69) is 23.0 Å². The summed E-state index contributed by atoms with van der Waals surface area (Å²) >= 11 is 7.45. The number of hydrogen-bond donors (Lipinski definition) is 0. The predicted molar refractivity (Wildman–Crippen MR) is 84.7 cm³/mol. The fourth-order valence-electron chi connectivity index (χ4n) is 2.02. The van der Waals surface area contributed by atoms with E-state index in [4.69, 9.17) is 16.3 Å². The molecular formula is C15H19ClN2OS. The van der Waals surface area contributed by atoms with Crippen LogP contribution < -0.4 is 4.74 Å². The van der Waals surface area contributed by atoms with Crippen molar-refractivity contribution in [3.8, 4) is 5.75 Å². The second kappa shape index (κ2) is 7.62. The first-order valence-electron chi connectivity index (χ1n) is 6.52. The molecule has 0 aliphatic carbocycles. The summed E-state index contributed by atoms with van der Waals surface area (Å²) < 4.78 is 5.38. The van der Waals surface area contributed by atoms with Crippen LogP contribution >= 0.6 is 22.9 Å². The average Bonchev–Trinajstić information content (AvgIpc) is 2.94. The van der Waals surface area contributed by atoms with E-state index < -0.39 is 0 Å². The minimum atomic E-state index is 0.494. The summed E-state index contributed by atoms with van der Waals surface area (Å²) in [5.74, 6) is 1.44. The van der Waals surface area contributed by atoms with Gasteiger partial charge in [0.2, 0.25) is 0 Å². The van der Waals surface area contributed by atoms with Crippen molar-refractivity contribution in [3.63, 3.8) is 0 Å². The number of hydrogen-bond acceptors (Lipinski definition) is 4. The molecule has 0 saturated heterocycles. The van der Waals surface area contributed by atoms with Crippen LogP contribution in [0.3, 0.4) is 0 Å². The molecule has 2 rings (SSSR count). The van der Waals surface area contributed by atoms with Crippen molar-refractivity contribution in [2.75, 3.05) is 20.7 Å². The molecule has 1 heterocycles. The third kappa shape index (κ3) is 4.20. The SMILES string of the molecule is COc1ccccc1CN(C)CCc1nc(CCl)cs1. The molecule has 0 saturated carbocycles. The van der Waals surface area contributed by atoms with Gasteiger partial charge in [0.25, 0.3) is 0 Å². The van der Waals surface area contributed by atoms with Crippen molar-refractivity contribution in [3.05, 3.63) is 45.9 Å². The van der Waals surface area contributed by atoms with Crippen molar-refractivity contribution >= 4 is 22.9 Å². The lowest BCUT2D eigenvalue weighted by atomic mass is 10.2. The van der Waals surface area contributed by atoms with E-state index in [1.54, 1.807) is 18.4 Å². The van der Waals surface area contributed by atoms with Gasteiger partial charge in [-0.3, -0.25) is 0 Å². The lowest BCUT2D eigenvalue weighted by Gasteiger charge is -2.17. The molecule has 2 aromatic rings. The number of rotatable bonds is 7. The maximum Gasteiger partial charge on any atom is 0.123 e. The van der Waals surface area contributed by atoms with E-state index in [0.29, 0.717) is 5.88 Å². The minimum absolute atomic E-state index is 0.494. The highest BCUT2D eigenvalue weighted by atomic mass is 35.5. The zero-order valence-corrected chi connectivity index (χ0v) is 13.4. The second-order valence-electron chi connectivity index (χ2n) is 4.67. The maximum absolute atomic E-state index is 5.76. The van der Waals surface area contributed by atoms with Crippen molar-refractivity contribution in [1.29, 1.82) is 0 Å². The number of aromatic nitrogens is 1. The van der Waals surface area contributed by atoms with Crippen LogP contribution in [-0.2, 0) is 18.8 Å². The Balaban J connectivity index is 1.87. The molecule has 0 radical (unpaired) electrons. The largest absolute Gasteiger partial charge is 0.496 e. The molecule has 1 aromatic heterocycles. The van der Waals surface area contributed by atoms with E-state index in [9.17, 15) is 0 Å². The van der Waals surface area contributed by atoms with Crippen LogP contribution in [0.25, 0.3) is 0 Å². The second-order valence-corrected chi connectivity index (χ2v) is 5.88. The number of thiazole rings is 1. The van der Waals surface area contributed by atoms with Gasteiger partial charge in [0, 0.05) is 30.5 Å². The molecule has 0 spiro atoms. The van der Waals surface area contributed by atoms with Crippen LogP contribution in [0, 0.1) is 0 Å². The van der Waals surface area contributed by atoms with Crippen LogP contribution in [0.1, 0.15) is 16.3 Å². The monoisotopic (exact) mass is 310 g/mol. The van der Waals surface area contributed by atoms with Gasteiger partial charge in [-0.15, -0.1) is 22.9 Å². The molecule has 0 aliphatic rings. The van der Waals surface area contributed by atoms with Crippen molar-refractivity contribution < 1.29 is 4.74 Å². The molecule has 3 nitrogen and oxygen atoms in total. The molecule has 0 aliphatic heterocycles. The van der Waals surface area contributed by atoms with E-state index >= 15 is 0 Å². The number of alkyl halides is 1. The Kier molecular flexibility index (Phi) is 5.83. The highest BCUT2D eigenvalue weighted by Gasteiger charge is 2.07. The minimum Gasteiger partial charge on any atom is -0.496 e. The Labute approximate surface area is 129 Å². The van der Waals surface area contributed by atoms with Crippen molar-refractivity contribution in [2.45, 2.75) is 18.8 Å². The summed E-state index contributed by atoms with van der Waals surface area (Å²) in [6.45, 7) is 1.84. The Morgan fingerprint density at radius 2 is 2.15 bits per heavy atom. The lowest BCUT2D eigenvalue weighted by Crippen LogP contribution is -2.21. The fraction of sp³-hybridized carbons (Fsp3) is 0.400. The van der Waals surface area contributed by atoms with Crippen LogP contribution in [0.15, 0.2) is 29.6 Å². The van der Waals surface area contributed by atoms with Crippen molar-refractivity contribution in [2.24, 2.45) is 0 Å². The van der Waals surface area contributed by atoms with Gasteiger partial charge >= 0.3 is 0 Å². The first-order valence-corrected chi connectivity index (χ1v) is 7.94. The van der Waals surface area contributed by atoms with E-state index in [1.807, 2.05) is 23.6 Å². The van der Waals surface area contributed by atoms with Gasteiger partial charge in [0.1, 0.15) is 5.75 Å². The smallest absolute Gasteiger partial charge is 0.123 e. The lowest BCUT2D eigenvalue weighted by molar-refractivity contribution is 0.321. The number of benzene rings is 1. The molecule has 1 aromatic carbocycles. The van der Waals surface area contributed by atoms with Crippen LogP contribution in [0.5, 0.6) is 5.75 Å². The first kappa shape index (κ1) is 15.3. The van der Waals surface area contributed by atoms with E-state index in [1.165, 1.54) is 5.56 Å². The molecule has 0 N–H and O–H groups in total. The summed E-state index contributed by atoms with van der Waals surface area (Å²) in [4.78, 5) is 6.75. The number of methoxy groups -OCH3 is 1. The molecule has 0 amide bonds. The first-order chi connectivity index (χ1) is 9.72. The Morgan fingerprint density at radius 1 is 1.35 bits per heavy atom. The normalized spacial score (nSPS) is 11.0. The summed E-state index contributed by atoms with van der Waals surface area (Å²) in [5, 5.41) is 3.18. The molecule has 0 unspecified atom stereocenters. The van der Waals surface area contributed by atoms with E-state index in [0.717, 1.165) is 36.0 Å². The van der Waals surface area contributed by atoms with Crippen LogP contribution in [0.2, 0.25) is 0 Å².